The van der Waals surface area contributed by atoms with E-state index in [1.165, 1.54) is 0 Å². The van der Waals surface area contributed by atoms with Crippen LogP contribution in [0.2, 0.25) is 0 Å². The van der Waals surface area contributed by atoms with Gasteiger partial charge in [0.05, 0.1) is 0 Å². The third-order valence-corrected chi connectivity index (χ3v) is 2.66. The van der Waals surface area contributed by atoms with Crippen molar-refractivity contribution >= 4 is 0 Å². The van der Waals surface area contributed by atoms with E-state index in [9.17, 15) is 4.79 Å². The number of pyridine rings is 1. The minimum Gasteiger partial charge on any atom is -0.312 e. The van der Waals surface area contributed by atoms with Crippen LogP contribution in [0.15, 0.2) is 16.9 Å². The lowest BCUT2D eigenvalue weighted by molar-refractivity contribution is 0.552. The molecule has 90 valence electrons. The SMILES string of the molecule is CCCNCc1ccc(C)n(C(C)C)c1=O. The third-order valence-electron chi connectivity index (χ3n) is 2.66. The summed E-state index contributed by atoms with van der Waals surface area (Å²) in [6, 6.07) is 4.17. The fourth-order valence-electron chi connectivity index (χ4n) is 1.86. The molecule has 0 radical (unpaired) electrons. The summed E-state index contributed by atoms with van der Waals surface area (Å²) in [6.07, 6.45) is 1.09. The van der Waals surface area contributed by atoms with E-state index < -0.39 is 0 Å². The highest BCUT2D eigenvalue weighted by Gasteiger charge is 2.08. The van der Waals surface area contributed by atoms with Gasteiger partial charge in [-0.05, 0) is 39.8 Å². The molecule has 0 saturated heterocycles. The largest absolute Gasteiger partial charge is 0.312 e. The van der Waals surface area contributed by atoms with Gasteiger partial charge in [0.15, 0.2) is 0 Å². The van der Waals surface area contributed by atoms with Crippen molar-refractivity contribution in [2.45, 2.75) is 46.7 Å². The van der Waals surface area contributed by atoms with Crippen LogP contribution in [0.4, 0.5) is 0 Å². The maximum absolute atomic E-state index is 12.1. The second-order valence-electron chi connectivity index (χ2n) is 4.45. The molecular formula is C13H22N2O. The molecule has 16 heavy (non-hydrogen) atoms. The summed E-state index contributed by atoms with van der Waals surface area (Å²) in [5, 5.41) is 3.26. The van der Waals surface area contributed by atoms with E-state index in [1.54, 1.807) is 0 Å². The van der Waals surface area contributed by atoms with Crippen LogP contribution in [0.5, 0.6) is 0 Å². The molecule has 0 spiro atoms. The molecule has 0 saturated carbocycles. The fraction of sp³-hybridized carbons (Fsp3) is 0.615. The third kappa shape index (κ3) is 2.95. The molecule has 1 aromatic rings. The lowest BCUT2D eigenvalue weighted by atomic mass is 10.2. The topological polar surface area (TPSA) is 34.0 Å². The maximum atomic E-state index is 12.1. The second-order valence-corrected chi connectivity index (χ2v) is 4.45. The average Bonchev–Trinajstić information content (AvgIpc) is 2.21. The molecule has 3 heteroatoms. The molecule has 0 aliphatic carbocycles. The van der Waals surface area contributed by atoms with Gasteiger partial charge in [0, 0.05) is 23.8 Å². The van der Waals surface area contributed by atoms with Gasteiger partial charge in [-0.3, -0.25) is 4.79 Å². The van der Waals surface area contributed by atoms with Crippen molar-refractivity contribution in [3.05, 3.63) is 33.7 Å². The lowest BCUT2D eigenvalue weighted by Gasteiger charge is -2.15. The highest BCUT2D eigenvalue weighted by atomic mass is 16.1. The predicted octanol–water partition coefficient (Wildman–Crippen LogP) is 2.24. The molecule has 0 amide bonds. The number of aryl methyl sites for hydroxylation is 1. The Morgan fingerprint density at radius 2 is 2.06 bits per heavy atom. The molecule has 0 atom stereocenters. The molecule has 1 heterocycles. The number of nitrogens with one attached hydrogen (secondary N) is 1. The predicted molar refractivity (Wildman–Crippen MR) is 67.8 cm³/mol. The summed E-state index contributed by atoms with van der Waals surface area (Å²) in [6.45, 7) is 9.79. The summed E-state index contributed by atoms with van der Waals surface area (Å²) in [7, 11) is 0. The summed E-state index contributed by atoms with van der Waals surface area (Å²) < 4.78 is 1.85. The molecule has 1 N–H and O–H groups in total. The van der Waals surface area contributed by atoms with Crippen molar-refractivity contribution in [3.63, 3.8) is 0 Å². The van der Waals surface area contributed by atoms with Crippen LogP contribution in [0.1, 0.15) is 44.5 Å². The fourth-order valence-corrected chi connectivity index (χ4v) is 1.86. The van der Waals surface area contributed by atoms with Gasteiger partial charge in [0.1, 0.15) is 0 Å². The standard InChI is InChI=1S/C13H22N2O/c1-5-8-14-9-12-7-6-11(4)15(10(2)3)13(12)16/h6-7,10,14H,5,8-9H2,1-4H3. The molecule has 1 rings (SSSR count). The Bertz CT molecular complexity index is 393. The highest BCUT2D eigenvalue weighted by molar-refractivity contribution is 5.16. The summed E-state index contributed by atoms with van der Waals surface area (Å²) >= 11 is 0. The van der Waals surface area contributed by atoms with E-state index in [2.05, 4.69) is 12.2 Å². The van der Waals surface area contributed by atoms with Crippen molar-refractivity contribution in [1.29, 1.82) is 0 Å². The quantitative estimate of drug-likeness (QED) is 0.775. The van der Waals surface area contributed by atoms with Crippen LogP contribution in [-0.4, -0.2) is 11.1 Å². The first-order chi connectivity index (χ1) is 7.57. The Balaban J connectivity index is 2.95. The first-order valence-corrected chi connectivity index (χ1v) is 5.99. The molecule has 0 aliphatic rings. The van der Waals surface area contributed by atoms with Crippen molar-refractivity contribution in [3.8, 4) is 0 Å². The molecule has 0 aromatic carbocycles. The second kappa shape index (κ2) is 5.85. The van der Waals surface area contributed by atoms with Gasteiger partial charge in [-0.2, -0.15) is 0 Å². The van der Waals surface area contributed by atoms with E-state index >= 15 is 0 Å². The first kappa shape index (κ1) is 13.0. The molecule has 0 fully saturated rings. The zero-order valence-corrected chi connectivity index (χ0v) is 10.7. The number of nitrogens with zero attached hydrogens (tertiary/aromatic N) is 1. The van der Waals surface area contributed by atoms with Gasteiger partial charge in [-0.1, -0.05) is 13.0 Å². The van der Waals surface area contributed by atoms with Crippen molar-refractivity contribution in [2.24, 2.45) is 0 Å². The van der Waals surface area contributed by atoms with E-state index in [1.807, 2.05) is 37.5 Å². The van der Waals surface area contributed by atoms with Crippen molar-refractivity contribution in [2.75, 3.05) is 6.54 Å². The Hall–Kier alpha value is -1.09. The minimum absolute atomic E-state index is 0.138. The molecular weight excluding hydrogens is 200 g/mol. The van der Waals surface area contributed by atoms with Crippen molar-refractivity contribution < 1.29 is 0 Å². The smallest absolute Gasteiger partial charge is 0.255 e. The summed E-state index contributed by atoms with van der Waals surface area (Å²) in [4.78, 5) is 12.1. The van der Waals surface area contributed by atoms with Crippen molar-refractivity contribution in [1.82, 2.24) is 9.88 Å². The Kier molecular flexibility index (Phi) is 4.74. The van der Waals surface area contributed by atoms with Crippen LogP contribution in [0.25, 0.3) is 0 Å². The number of hydrogen-bond acceptors (Lipinski definition) is 2. The average molecular weight is 222 g/mol. The molecule has 0 unspecified atom stereocenters. The molecule has 3 nitrogen and oxygen atoms in total. The van der Waals surface area contributed by atoms with Gasteiger partial charge in [-0.15, -0.1) is 0 Å². The van der Waals surface area contributed by atoms with Crippen LogP contribution < -0.4 is 10.9 Å². The Morgan fingerprint density at radius 1 is 1.38 bits per heavy atom. The van der Waals surface area contributed by atoms with Gasteiger partial charge in [0.25, 0.3) is 5.56 Å². The van der Waals surface area contributed by atoms with Gasteiger partial charge in [0.2, 0.25) is 0 Å². The first-order valence-electron chi connectivity index (χ1n) is 5.99. The highest BCUT2D eigenvalue weighted by Crippen LogP contribution is 2.06. The Labute approximate surface area is 97.5 Å². The minimum atomic E-state index is 0.138. The van der Waals surface area contributed by atoms with E-state index in [4.69, 9.17) is 0 Å². The monoisotopic (exact) mass is 222 g/mol. The Morgan fingerprint density at radius 3 is 2.62 bits per heavy atom. The summed E-state index contributed by atoms with van der Waals surface area (Å²) in [5.74, 6) is 0. The number of aromatic nitrogens is 1. The van der Waals surface area contributed by atoms with E-state index in [0.717, 1.165) is 24.2 Å². The van der Waals surface area contributed by atoms with Gasteiger partial charge >= 0.3 is 0 Å². The van der Waals surface area contributed by atoms with Crippen LogP contribution in [0.3, 0.4) is 0 Å². The van der Waals surface area contributed by atoms with Gasteiger partial charge in [-0.25, -0.2) is 0 Å². The zero-order chi connectivity index (χ0) is 12.1. The van der Waals surface area contributed by atoms with Gasteiger partial charge < -0.3 is 9.88 Å². The molecule has 1 aromatic heterocycles. The number of hydrogen-bond donors (Lipinski definition) is 1. The van der Waals surface area contributed by atoms with Crippen LogP contribution >= 0.6 is 0 Å². The lowest BCUT2D eigenvalue weighted by Crippen LogP contribution is -2.29. The van der Waals surface area contributed by atoms with Crippen LogP contribution in [0, 0.1) is 6.92 Å². The molecule has 0 bridgehead atoms. The molecule has 0 aliphatic heterocycles. The zero-order valence-electron chi connectivity index (χ0n) is 10.7. The maximum Gasteiger partial charge on any atom is 0.255 e. The van der Waals surface area contributed by atoms with E-state index in [0.29, 0.717) is 6.54 Å². The van der Waals surface area contributed by atoms with Crippen LogP contribution in [-0.2, 0) is 6.54 Å². The normalized spacial score (nSPS) is 11.1. The van der Waals surface area contributed by atoms with E-state index in [-0.39, 0.29) is 11.6 Å². The number of rotatable bonds is 5. The summed E-state index contributed by atoms with van der Waals surface area (Å²) in [5.41, 5.74) is 2.02.